The molecule has 2 aromatic rings. The second kappa shape index (κ2) is 5.83. The van der Waals surface area contributed by atoms with Gasteiger partial charge in [0.2, 0.25) is 0 Å². The molecule has 1 N–H and O–H groups in total. The first-order chi connectivity index (χ1) is 9.51. The second-order valence-corrected chi connectivity index (χ2v) is 4.64. The Morgan fingerprint density at radius 1 is 1.30 bits per heavy atom. The maximum Gasteiger partial charge on any atom is 0.346 e. The van der Waals surface area contributed by atoms with Crippen LogP contribution >= 0.6 is 23.2 Å². The molecule has 0 aliphatic carbocycles. The highest BCUT2D eigenvalue weighted by molar-refractivity contribution is 6.35. The van der Waals surface area contributed by atoms with Crippen molar-refractivity contribution in [1.82, 2.24) is 0 Å². The van der Waals surface area contributed by atoms with Gasteiger partial charge >= 0.3 is 5.97 Å². The molecule has 0 spiro atoms. The van der Waals surface area contributed by atoms with E-state index in [1.54, 1.807) is 36.4 Å². The first-order valence-electron chi connectivity index (χ1n) is 5.41. The number of hydrogen-bond donors (Lipinski definition) is 1. The van der Waals surface area contributed by atoms with Crippen molar-refractivity contribution >= 4 is 35.2 Å². The Morgan fingerprint density at radius 3 is 2.70 bits per heavy atom. The lowest BCUT2D eigenvalue weighted by Crippen LogP contribution is -1.96. The normalized spacial score (nSPS) is 11.2. The molecule has 0 unspecified atom stereocenters. The topological polar surface area (TPSA) is 74.2 Å². The van der Waals surface area contributed by atoms with Crippen LogP contribution in [0.3, 0.4) is 0 Å². The quantitative estimate of drug-likeness (QED) is 0.679. The molecule has 6 heteroatoms. The van der Waals surface area contributed by atoms with Crippen molar-refractivity contribution in [3.63, 3.8) is 0 Å². The summed E-state index contributed by atoms with van der Waals surface area (Å²) in [7, 11) is 0. The average molecular weight is 308 g/mol. The third-order valence-electron chi connectivity index (χ3n) is 2.46. The summed E-state index contributed by atoms with van der Waals surface area (Å²) in [6.45, 7) is 0. The van der Waals surface area contributed by atoms with Gasteiger partial charge in [-0.25, -0.2) is 4.79 Å². The summed E-state index contributed by atoms with van der Waals surface area (Å²) in [5, 5.41) is 18.4. The number of carboxylic acid groups (broad SMARTS) is 1. The van der Waals surface area contributed by atoms with Crippen LogP contribution in [0, 0.1) is 11.3 Å². The van der Waals surface area contributed by atoms with Crippen molar-refractivity contribution in [2.45, 2.75) is 0 Å². The van der Waals surface area contributed by atoms with Gasteiger partial charge in [-0.05, 0) is 30.3 Å². The van der Waals surface area contributed by atoms with Crippen LogP contribution in [0.25, 0.3) is 17.4 Å². The van der Waals surface area contributed by atoms with Gasteiger partial charge in [0, 0.05) is 16.7 Å². The molecule has 0 radical (unpaired) electrons. The molecule has 0 aliphatic heterocycles. The lowest BCUT2D eigenvalue weighted by atomic mass is 10.2. The van der Waals surface area contributed by atoms with Crippen molar-refractivity contribution in [3.05, 3.63) is 51.7 Å². The first-order valence-corrected chi connectivity index (χ1v) is 6.17. The maximum atomic E-state index is 10.7. The summed E-state index contributed by atoms with van der Waals surface area (Å²) >= 11 is 11.9. The minimum Gasteiger partial charge on any atom is -0.477 e. The van der Waals surface area contributed by atoms with Crippen molar-refractivity contribution in [2.24, 2.45) is 0 Å². The van der Waals surface area contributed by atoms with Crippen LogP contribution in [0.4, 0.5) is 0 Å². The fraction of sp³-hybridized carbons (Fsp3) is 0. The molecule has 2 rings (SSSR count). The average Bonchev–Trinajstić information content (AvgIpc) is 2.86. The minimum atomic E-state index is -1.31. The molecular formula is C14H7Cl2NO3. The summed E-state index contributed by atoms with van der Waals surface area (Å²) in [6, 6.07) is 9.67. The van der Waals surface area contributed by atoms with Crippen LogP contribution < -0.4 is 0 Å². The standard InChI is InChI=1S/C14H7Cl2NO3/c15-9-1-3-12(16)11(6-9)13-4-2-10(20-13)5-8(7-17)14(18)19/h1-6H,(H,18,19)/b8-5-. The number of nitriles is 1. The van der Waals surface area contributed by atoms with Gasteiger partial charge in [-0.2, -0.15) is 5.26 Å². The van der Waals surface area contributed by atoms with Crippen molar-refractivity contribution in [3.8, 4) is 17.4 Å². The van der Waals surface area contributed by atoms with E-state index in [9.17, 15) is 4.79 Å². The molecule has 20 heavy (non-hydrogen) atoms. The van der Waals surface area contributed by atoms with Gasteiger partial charge in [-0.3, -0.25) is 0 Å². The van der Waals surface area contributed by atoms with E-state index in [-0.39, 0.29) is 5.76 Å². The van der Waals surface area contributed by atoms with E-state index in [0.717, 1.165) is 6.08 Å². The van der Waals surface area contributed by atoms with Gasteiger partial charge in [-0.1, -0.05) is 23.2 Å². The van der Waals surface area contributed by atoms with Gasteiger partial charge < -0.3 is 9.52 Å². The number of nitrogens with zero attached hydrogens (tertiary/aromatic N) is 1. The number of benzene rings is 1. The smallest absolute Gasteiger partial charge is 0.346 e. The minimum absolute atomic E-state index is 0.245. The molecule has 0 aliphatic rings. The predicted molar refractivity (Wildman–Crippen MR) is 75.4 cm³/mol. The highest BCUT2D eigenvalue weighted by Gasteiger charge is 2.11. The van der Waals surface area contributed by atoms with E-state index in [4.69, 9.17) is 38.0 Å². The Bertz CT molecular complexity index is 741. The summed E-state index contributed by atoms with van der Waals surface area (Å²) in [5.74, 6) is -0.632. The van der Waals surface area contributed by atoms with Gasteiger partial charge in [0.25, 0.3) is 0 Å². The molecule has 0 saturated heterocycles. The fourth-order valence-corrected chi connectivity index (χ4v) is 1.93. The molecule has 0 saturated carbocycles. The number of carboxylic acids is 1. The van der Waals surface area contributed by atoms with Crippen LogP contribution in [-0.2, 0) is 4.79 Å². The molecule has 0 bridgehead atoms. The van der Waals surface area contributed by atoms with Crippen LogP contribution in [0.1, 0.15) is 5.76 Å². The molecule has 0 atom stereocenters. The number of furan rings is 1. The lowest BCUT2D eigenvalue weighted by Gasteiger charge is -2.01. The zero-order valence-electron chi connectivity index (χ0n) is 9.93. The largest absolute Gasteiger partial charge is 0.477 e. The van der Waals surface area contributed by atoms with E-state index in [2.05, 4.69) is 0 Å². The third kappa shape index (κ3) is 3.02. The summed E-state index contributed by atoms with van der Waals surface area (Å²) < 4.78 is 5.45. The first kappa shape index (κ1) is 14.2. The fourth-order valence-electron chi connectivity index (χ4n) is 1.55. The maximum absolute atomic E-state index is 10.7. The van der Waals surface area contributed by atoms with E-state index in [1.165, 1.54) is 0 Å². The van der Waals surface area contributed by atoms with E-state index in [1.807, 2.05) is 0 Å². The lowest BCUT2D eigenvalue weighted by molar-refractivity contribution is -0.132. The van der Waals surface area contributed by atoms with Crippen LogP contribution in [0.15, 0.2) is 40.3 Å². The Balaban J connectivity index is 2.42. The van der Waals surface area contributed by atoms with E-state index in [0.29, 0.717) is 21.4 Å². The zero-order valence-corrected chi connectivity index (χ0v) is 11.4. The zero-order chi connectivity index (χ0) is 14.7. The molecule has 1 aromatic heterocycles. The van der Waals surface area contributed by atoms with Crippen molar-refractivity contribution in [2.75, 3.05) is 0 Å². The number of carbonyl (C=O) groups is 1. The van der Waals surface area contributed by atoms with Crippen molar-refractivity contribution in [1.29, 1.82) is 5.26 Å². The molecule has 0 amide bonds. The van der Waals surface area contributed by atoms with Gasteiger partial charge in [0.1, 0.15) is 23.2 Å². The van der Waals surface area contributed by atoms with E-state index >= 15 is 0 Å². The predicted octanol–water partition coefficient (Wildman–Crippen LogP) is 4.24. The highest BCUT2D eigenvalue weighted by atomic mass is 35.5. The summed E-state index contributed by atoms with van der Waals surface area (Å²) in [4.78, 5) is 10.7. The Labute approximate surface area is 124 Å². The second-order valence-electron chi connectivity index (χ2n) is 3.80. The van der Waals surface area contributed by atoms with Gasteiger partial charge in [0.15, 0.2) is 0 Å². The Hall–Kier alpha value is -2.22. The van der Waals surface area contributed by atoms with Crippen LogP contribution in [-0.4, -0.2) is 11.1 Å². The SMILES string of the molecule is N#C/C(=C/c1ccc(-c2cc(Cl)ccc2Cl)o1)C(=O)O. The molecule has 4 nitrogen and oxygen atoms in total. The Morgan fingerprint density at radius 2 is 2.05 bits per heavy atom. The summed E-state index contributed by atoms with van der Waals surface area (Å²) in [6.07, 6.45) is 1.14. The molecular weight excluding hydrogens is 301 g/mol. The third-order valence-corrected chi connectivity index (χ3v) is 3.02. The highest BCUT2D eigenvalue weighted by Crippen LogP contribution is 2.32. The number of halogens is 2. The van der Waals surface area contributed by atoms with Crippen LogP contribution in [0.5, 0.6) is 0 Å². The molecule has 1 aromatic carbocycles. The number of rotatable bonds is 3. The summed E-state index contributed by atoms with van der Waals surface area (Å²) in [5.41, 5.74) is 0.177. The van der Waals surface area contributed by atoms with Gasteiger partial charge in [0.05, 0.1) is 5.02 Å². The molecule has 100 valence electrons. The van der Waals surface area contributed by atoms with Crippen LogP contribution in [0.2, 0.25) is 10.0 Å². The monoisotopic (exact) mass is 307 g/mol. The van der Waals surface area contributed by atoms with Gasteiger partial charge in [-0.15, -0.1) is 0 Å². The Kier molecular flexibility index (Phi) is 4.14. The molecule has 1 heterocycles. The molecule has 0 fully saturated rings. The van der Waals surface area contributed by atoms with Crippen molar-refractivity contribution < 1.29 is 14.3 Å². The van der Waals surface area contributed by atoms with E-state index < -0.39 is 11.5 Å². The number of aliphatic carboxylic acids is 1. The number of hydrogen-bond acceptors (Lipinski definition) is 3.